The number of hydrogen-bond acceptors (Lipinski definition) is 2. The summed E-state index contributed by atoms with van der Waals surface area (Å²) in [5.74, 6) is 0. The minimum absolute atomic E-state index is 1.12. The summed E-state index contributed by atoms with van der Waals surface area (Å²) in [6.45, 7) is 5.43. The summed E-state index contributed by atoms with van der Waals surface area (Å²) in [6, 6.07) is 18.5. The topological polar surface area (TPSA) is 6.48 Å². The predicted molar refractivity (Wildman–Crippen MR) is 75.0 cm³/mol. The largest absolute Gasteiger partial charge is 0.315 e. The molecule has 0 saturated carbocycles. The molecular weight excluding hydrogens is 220 g/mol. The van der Waals surface area contributed by atoms with Crippen molar-refractivity contribution in [2.45, 2.75) is 6.92 Å². The molecule has 0 aromatic heterocycles. The molecule has 2 radical (unpaired) electrons. The van der Waals surface area contributed by atoms with E-state index in [1.165, 1.54) is 5.56 Å². The maximum absolute atomic E-state index is 3.32. The van der Waals surface area contributed by atoms with Gasteiger partial charge in [-0.1, -0.05) is 36.4 Å². The van der Waals surface area contributed by atoms with Crippen LogP contribution in [0.2, 0.25) is 0 Å². The molecule has 1 aliphatic heterocycles. The third-order valence-electron chi connectivity index (χ3n) is 2.99. The molecule has 0 amide bonds. The molecular formula is C16H14N2. The van der Waals surface area contributed by atoms with Gasteiger partial charge in [0.2, 0.25) is 6.67 Å². The van der Waals surface area contributed by atoms with Crippen LogP contribution >= 0.6 is 0 Å². The molecule has 1 heterocycles. The minimum atomic E-state index is 1.12. The first-order chi connectivity index (χ1) is 8.84. The molecule has 2 aromatic rings. The van der Waals surface area contributed by atoms with Crippen LogP contribution in [0.5, 0.6) is 0 Å². The summed E-state index contributed by atoms with van der Waals surface area (Å²) in [5.41, 5.74) is 3.52. The van der Waals surface area contributed by atoms with Gasteiger partial charge in [-0.15, -0.1) is 0 Å². The van der Waals surface area contributed by atoms with Gasteiger partial charge < -0.3 is 9.80 Å². The fraction of sp³-hybridized carbons (Fsp3) is 0.0625. The number of anilines is 2. The monoisotopic (exact) mass is 234 g/mol. The van der Waals surface area contributed by atoms with Crippen LogP contribution in [-0.2, 0) is 0 Å². The lowest BCUT2D eigenvalue weighted by Gasteiger charge is -2.20. The van der Waals surface area contributed by atoms with E-state index in [1.54, 1.807) is 0 Å². The molecule has 1 aliphatic rings. The van der Waals surface area contributed by atoms with Crippen LogP contribution in [0.25, 0.3) is 0 Å². The molecule has 3 rings (SSSR count). The summed E-state index contributed by atoms with van der Waals surface area (Å²) >= 11 is 0. The van der Waals surface area contributed by atoms with Crippen molar-refractivity contribution in [2.75, 3.05) is 9.80 Å². The smallest absolute Gasteiger partial charge is 0.217 e. The molecule has 0 bridgehead atoms. The summed E-state index contributed by atoms with van der Waals surface area (Å²) in [7, 11) is 0. The van der Waals surface area contributed by atoms with Crippen LogP contribution in [0, 0.1) is 13.6 Å². The zero-order chi connectivity index (χ0) is 12.4. The van der Waals surface area contributed by atoms with Crippen LogP contribution in [0.3, 0.4) is 0 Å². The van der Waals surface area contributed by atoms with Crippen molar-refractivity contribution < 1.29 is 0 Å². The molecule has 0 fully saturated rings. The molecule has 0 aliphatic carbocycles. The first-order valence-electron chi connectivity index (χ1n) is 5.98. The molecule has 0 atom stereocenters. The summed E-state index contributed by atoms with van der Waals surface area (Å²) in [6.07, 6.45) is 4.04. The van der Waals surface area contributed by atoms with Crippen LogP contribution in [0.4, 0.5) is 11.4 Å². The summed E-state index contributed by atoms with van der Waals surface area (Å²) < 4.78 is 0. The van der Waals surface area contributed by atoms with E-state index in [0.717, 1.165) is 11.4 Å². The van der Waals surface area contributed by atoms with Gasteiger partial charge in [-0.25, -0.2) is 0 Å². The number of hydrogen-bond donors (Lipinski definition) is 0. The van der Waals surface area contributed by atoms with E-state index < -0.39 is 0 Å². The van der Waals surface area contributed by atoms with Gasteiger partial charge >= 0.3 is 0 Å². The second-order valence-electron chi connectivity index (χ2n) is 4.26. The van der Waals surface area contributed by atoms with E-state index in [2.05, 4.69) is 37.9 Å². The van der Waals surface area contributed by atoms with Crippen LogP contribution in [0.1, 0.15) is 5.56 Å². The highest BCUT2D eigenvalue weighted by Gasteiger charge is 2.18. The normalized spacial score (nSPS) is 14.3. The number of benzene rings is 2. The molecule has 88 valence electrons. The highest BCUT2D eigenvalue weighted by atomic mass is 15.3. The van der Waals surface area contributed by atoms with Gasteiger partial charge in [0.1, 0.15) is 0 Å². The SMILES string of the molecule is Cc1ccccc1N1[C]N(c2ccccc2)C=C1. The van der Waals surface area contributed by atoms with Gasteiger partial charge in [0.05, 0.1) is 0 Å². The molecule has 0 unspecified atom stereocenters. The second-order valence-corrected chi connectivity index (χ2v) is 4.26. The molecule has 0 saturated heterocycles. The standard InChI is InChI=1S/C16H14N2/c1-14-7-5-6-10-16(14)18-12-11-17(13-18)15-8-3-2-4-9-15/h2-12H,1H3. The van der Waals surface area contributed by atoms with Crippen LogP contribution < -0.4 is 9.80 Å². The lowest BCUT2D eigenvalue weighted by Crippen LogP contribution is -2.18. The number of aryl methyl sites for hydroxylation is 1. The highest BCUT2D eigenvalue weighted by molar-refractivity contribution is 5.64. The molecule has 2 aromatic carbocycles. The van der Waals surface area contributed by atoms with Gasteiger partial charge in [0, 0.05) is 23.8 Å². The second kappa shape index (κ2) is 4.57. The van der Waals surface area contributed by atoms with E-state index in [1.807, 2.05) is 52.5 Å². The Morgan fingerprint density at radius 3 is 2.22 bits per heavy atom. The van der Waals surface area contributed by atoms with Crippen molar-refractivity contribution >= 4 is 11.4 Å². The Bertz CT molecular complexity index is 560. The average Bonchev–Trinajstić information content (AvgIpc) is 2.90. The van der Waals surface area contributed by atoms with Crippen molar-refractivity contribution in [3.05, 3.63) is 79.2 Å². The zero-order valence-electron chi connectivity index (χ0n) is 10.2. The molecule has 2 heteroatoms. The lowest BCUT2D eigenvalue weighted by atomic mass is 10.2. The quantitative estimate of drug-likeness (QED) is 0.780. The first-order valence-corrected chi connectivity index (χ1v) is 5.98. The maximum Gasteiger partial charge on any atom is 0.217 e. The minimum Gasteiger partial charge on any atom is -0.315 e. The Kier molecular flexibility index (Phi) is 2.77. The number of nitrogens with zero attached hydrogens (tertiary/aromatic N) is 2. The Hall–Kier alpha value is -2.22. The highest BCUT2D eigenvalue weighted by Crippen LogP contribution is 2.28. The average molecular weight is 234 g/mol. The summed E-state index contributed by atoms with van der Waals surface area (Å²) in [4.78, 5) is 4.01. The Labute approximate surface area is 108 Å². The zero-order valence-corrected chi connectivity index (χ0v) is 10.2. The van der Waals surface area contributed by atoms with Crippen LogP contribution in [-0.4, -0.2) is 0 Å². The Morgan fingerprint density at radius 2 is 1.44 bits per heavy atom. The van der Waals surface area contributed by atoms with E-state index in [4.69, 9.17) is 0 Å². The number of rotatable bonds is 2. The Morgan fingerprint density at radius 1 is 0.778 bits per heavy atom. The fourth-order valence-electron chi connectivity index (χ4n) is 2.02. The van der Waals surface area contributed by atoms with Crippen molar-refractivity contribution in [1.82, 2.24) is 0 Å². The lowest BCUT2D eigenvalue weighted by molar-refractivity contribution is 1.10. The first kappa shape index (κ1) is 10.9. The van der Waals surface area contributed by atoms with E-state index in [9.17, 15) is 0 Å². The number of para-hydroxylation sites is 2. The maximum atomic E-state index is 3.32. The third-order valence-corrected chi connectivity index (χ3v) is 2.99. The molecule has 0 spiro atoms. The van der Waals surface area contributed by atoms with E-state index >= 15 is 0 Å². The molecule has 18 heavy (non-hydrogen) atoms. The van der Waals surface area contributed by atoms with Crippen LogP contribution in [0.15, 0.2) is 67.0 Å². The van der Waals surface area contributed by atoms with Crippen molar-refractivity contribution in [3.8, 4) is 0 Å². The van der Waals surface area contributed by atoms with Gasteiger partial charge in [-0.2, -0.15) is 0 Å². The molecule has 0 N–H and O–H groups in total. The Balaban J connectivity index is 1.81. The van der Waals surface area contributed by atoms with E-state index in [0.29, 0.717) is 0 Å². The van der Waals surface area contributed by atoms with Gasteiger partial charge in [0.15, 0.2) is 0 Å². The predicted octanol–water partition coefficient (Wildman–Crippen LogP) is 3.79. The van der Waals surface area contributed by atoms with Crippen molar-refractivity contribution in [1.29, 1.82) is 0 Å². The van der Waals surface area contributed by atoms with Gasteiger partial charge in [-0.05, 0) is 30.7 Å². The van der Waals surface area contributed by atoms with Gasteiger partial charge in [0.25, 0.3) is 0 Å². The van der Waals surface area contributed by atoms with Crippen molar-refractivity contribution in [3.63, 3.8) is 0 Å². The third kappa shape index (κ3) is 1.97. The van der Waals surface area contributed by atoms with Crippen molar-refractivity contribution in [2.24, 2.45) is 0 Å². The van der Waals surface area contributed by atoms with Gasteiger partial charge in [-0.3, -0.25) is 0 Å². The fourth-order valence-corrected chi connectivity index (χ4v) is 2.02. The molecule has 2 nitrogen and oxygen atoms in total. The van der Waals surface area contributed by atoms with E-state index in [-0.39, 0.29) is 0 Å². The summed E-state index contributed by atoms with van der Waals surface area (Å²) in [5, 5.41) is 0.